The first-order valence-electron chi connectivity index (χ1n) is 6.17. The Morgan fingerprint density at radius 1 is 1.40 bits per heavy atom. The predicted octanol–water partition coefficient (Wildman–Crippen LogP) is 3.14. The van der Waals surface area contributed by atoms with Crippen molar-refractivity contribution >= 4 is 11.6 Å². The summed E-state index contributed by atoms with van der Waals surface area (Å²) in [6.07, 6.45) is 6.80. The topological polar surface area (TPSA) is 34.1 Å². The Morgan fingerprint density at radius 2 is 2.13 bits per heavy atom. The zero-order valence-electron chi connectivity index (χ0n) is 9.92. The van der Waals surface area contributed by atoms with Gasteiger partial charge in [0.1, 0.15) is 11.6 Å². The van der Waals surface area contributed by atoms with Crippen LogP contribution in [0.15, 0.2) is 0 Å². The molecule has 0 aromatic rings. The van der Waals surface area contributed by atoms with Gasteiger partial charge in [-0.25, -0.2) is 0 Å². The minimum absolute atomic E-state index is 0.195. The van der Waals surface area contributed by atoms with Crippen molar-refractivity contribution in [3.8, 4) is 0 Å². The van der Waals surface area contributed by atoms with Crippen LogP contribution in [-0.2, 0) is 9.59 Å². The first-order valence-corrected chi connectivity index (χ1v) is 6.17. The normalized spacial score (nSPS) is 25.9. The SMILES string of the molecule is CCCCCC1C(=O)CC[C@@H]1CC(C)=O. The number of hydrogen-bond donors (Lipinski definition) is 0. The molecule has 0 N–H and O–H groups in total. The van der Waals surface area contributed by atoms with Crippen LogP contribution < -0.4 is 0 Å². The van der Waals surface area contributed by atoms with Gasteiger partial charge in [0.25, 0.3) is 0 Å². The molecule has 0 saturated heterocycles. The largest absolute Gasteiger partial charge is 0.300 e. The van der Waals surface area contributed by atoms with E-state index in [1.165, 1.54) is 12.8 Å². The molecule has 15 heavy (non-hydrogen) atoms. The van der Waals surface area contributed by atoms with E-state index >= 15 is 0 Å². The highest BCUT2D eigenvalue weighted by molar-refractivity contribution is 5.85. The van der Waals surface area contributed by atoms with Crippen LogP contribution in [0.3, 0.4) is 0 Å². The number of hydrogen-bond acceptors (Lipinski definition) is 2. The van der Waals surface area contributed by atoms with Crippen LogP contribution >= 0.6 is 0 Å². The fourth-order valence-electron chi connectivity index (χ4n) is 2.60. The fourth-order valence-corrected chi connectivity index (χ4v) is 2.60. The molecule has 0 radical (unpaired) electrons. The molecule has 1 aliphatic carbocycles. The van der Waals surface area contributed by atoms with Crippen LogP contribution in [0.5, 0.6) is 0 Å². The number of unbranched alkanes of at least 4 members (excludes halogenated alkanes) is 2. The molecule has 1 unspecified atom stereocenters. The first kappa shape index (κ1) is 12.4. The molecule has 1 aliphatic rings. The summed E-state index contributed by atoms with van der Waals surface area (Å²) in [5.74, 6) is 1.18. The van der Waals surface area contributed by atoms with Crippen LogP contribution in [0.25, 0.3) is 0 Å². The molecule has 1 saturated carbocycles. The molecule has 2 atom stereocenters. The van der Waals surface area contributed by atoms with Gasteiger partial charge in [-0.1, -0.05) is 26.2 Å². The van der Waals surface area contributed by atoms with Gasteiger partial charge < -0.3 is 4.79 Å². The highest BCUT2D eigenvalue weighted by Crippen LogP contribution is 2.35. The summed E-state index contributed by atoms with van der Waals surface area (Å²) < 4.78 is 0. The maximum Gasteiger partial charge on any atom is 0.136 e. The lowest BCUT2D eigenvalue weighted by Gasteiger charge is -2.16. The summed E-state index contributed by atoms with van der Waals surface area (Å²) in [4.78, 5) is 22.7. The molecule has 0 spiro atoms. The van der Waals surface area contributed by atoms with E-state index in [2.05, 4.69) is 6.92 Å². The van der Waals surface area contributed by atoms with Crippen molar-refractivity contribution in [2.75, 3.05) is 0 Å². The standard InChI is InChI=1S/C13H22O2/c1-3-4-5-6-12-11(9-10(2)14)7-8-13(12)15/h11-12H,3-9H2,1-2H3/t11-,12?/m1/s1. The lowest BCUT2D eigenvalue weighted by molar-refractivity contribution is -0.122. The van der Waals surface area contributed by atoms with E-state index in [-0.39, 0.29) is 11.7 Å². The fraction of sp³-hybridized carbons (Fsp3) is 0.846. The van der Waals surface area contributed by atoms with E-state index in [0.29, 0.717) is 24.5 Å². The minimum atomic E-state index is 0.195. The van der Waals surface area contributed by atoms with Crippen LogP contribution in [0.1, 0.15) is 58.8 Å². The van der Waals surface area contributed by atoms with E-state index in [1.807, 2.05) is 0 Å². The predicted molar refractivity (Wildman–Crippen MR) is 60.7 cm³/mol. The van der Waals surface area contributed by atoms with Crippen LogP contribution in [-0.4, -0.2) is 11.6 Å². The Bertz CT molecular complexity index is 233. The summed E-state index contributed by atoms with van der Waals surface area (Å²) in [5.41, 5.74) is 0. The van der Waals surface area contributed by atoms with Gasteiger partial charge in [0.15, 0.2) is 0 Å². The van der Waals surface area contributed by atoms with Crippen molar-refractivity contribution in [3.05, 3.63) is 0 Å². The molecule has 0 aromatic carbocycles. The zero-order chi connectivity index (χ0) is 11.3. The summed E-state index contributed by atoms with van der Waals surface area (Å²) in [6.45, 7) is 3.80. The lowest BCUT2D eigenvalue weighted by Crippen LogP contribution is -2.17. The molecule has 2 heteroatoms. The van der Waals surface area contributed by atoms with Gasteiger partial charge in [0.2, 0.25) is 0 Å². The van der Waals surface area contributed by atoms with Gasteiger partial charge in [-0.15, -0.1) is 0 Å². The van der Waals surface area contributed by atoms with Crippen molar-refractivity contribution in [1.82, 2.24) is 0 Å². The second-order valence-electron chi connectivity index (χ2n) is 4.77. The van der Waals surface area contributed by atoms with Crippen molar-refractivity contribution < 1.29 is 9.59 Å². The van der Waals surface area contributed by atoms with Crippen LogP contribution in [0.4, 0.5) is 0 Å². The van der Waals surface area contributed by atoms with Crippen LogP contribution in [0.2, 0.25) is 0 Å². The Kier molecular flexibility index (Phi) is 5.00. The number of ketones is 2. The summed E-state index contributed by atoms with van der Waals surface area (Å²) in [5, 5.41) is 0. The third-order valence-corrected chi connectivity index (χ3v) is 3.41. The molecular formula is C13H22O2. The Morgan fingerprint density at radius 3 is 2.73 bits per heavy atom. The molecule has 0 bridgehead atoms. The van der Waals surface area contributed by atoms with E-state index in [0.717, 1.165) is 19.3 Å². The Hall–Kier alpha value is -0.660. The summed E-state index contributed by atoms with van der Waals surface area (Å²) in [6, 6.07) is 0. The van der Waals surface area contributed by atoms with Gasteiger partial charge in [0.05, 0.1) is 0 Å². The Balaban J connectivity index is 2.41. The van der Waals surface area contributed by atoms with Gasteiger partial charge in [-0.05, 0) is 25.7 Å². The lowest BCUT2D eigenvalue weighted by atomic mass is 9.87. The highest BCUT2D eigenvalue weighted by Gasteiger charge is 2.34. The van der Waals surface area contributed by atoms with Crippen molar-refractivity contribution in [1.29, 1.82) is 0 Å². The van der Waals surface area contributed by atoms with Gasteiger partial charge in [-0.3, -0.25) is 4.79 Å². The highest BCUT2D eigenvalue weighted by atomic mass is 16.1. The van der Waals surface area contributed by atoms with E-state index < -0.39 is 0 Å². The molecule has 1 rings (SSSR count). The van der Waals surface area contributed by atoms with Crippen LogP contribution in [0, 0.1) is 11.8 Å². The van der Waals surface area contributed by atoms with Gasteiger partial charge in [0, 0.05) is 18.8 Å². The van der Waals surface area contributed by atoms with E-state index in [1.54, 1.807) is 6.92 Å². The van der Waals surface area contributed by atoms with Crippen molar-refractivity contribution in [2.24, 2.45) is 11.8 Å². The number of carbonyl (C=O) groups is 2. The van der Waals surface area contributed by atoms with Crippen molar-refractivity contribution in [3.63, 3.8) is 0 Å². The van der Waals surface area contributed by atoms with E-state index in [4.69, 9.17) is 0 Å². The molecule has 2 nitrogen and oxygen atoms in total. The molecule has 0 aromatic heterocycles. The molecule has 1 fully saturated rings. The summed E-state index contributed by atoms with van der Waals surface area (Å²) >= 11 is 0. The second-order valence-corrected chi connectivity index (χ2v) is 4.77. The van der Waals surface area contributed by atoms with Gasteiger partial charge >= 0.3 is 0 Å². The molecule has 0 amide bonds. The third kappa shape index (κ3) is 3.77. The average Bonchev–Trinajstić information content (AvgIpc) is 2.49. The maximum absolute atomic E-state index is 11.6. The average molecular weight is 210 g/mol. The second kappa shape index (κ2) is 6.04. The van der Waals surface area contributed by atoms with Gasteiger partial charge in [-0.2, -0.15) is 0 Å². The Labute approximate surface area is 92.4 Å². The monoisotopic (exact) mass is 210 g/mol. The first-order chi connectivity index (χ1) is 7.15. The minimum Gasteiger partial charge on any atom is -0.300 e. The third-order valence-electron chi connectivity index (χ3n) is 3.41. The number of carbonyl (C=O) groups excluding carboxylic acids is 2. The molecule has 0 aliphatic heterocycles. The quantitative estimate of drug-likeness (QED) is 0.631. The maximum atomic E-state index is 11.6. The van der Waals surface area contributed by atoms with E-state index in [9.17, 15) is 9.59 Å². The number of Topliss-reactive ketones (excluding diaryl/α,β-unsaturated/α-hetero) is 2. The summed E-state index contributed by atoms with van der Waals surface area (Å²) in [7, 11) is 0. The number of rotatable bonds is 6. The zero-order valence-corrected chi connectivity index (χ0v) is 9.92. The molecular weight excluding hydrogens is 188 g/mol. The smallest absolute Gasteiger partial charge is 0.136 e. The van der Waals surface area contributed by atoms with Crippen molar-refractivity contribution in [2.45, 2.75) is 58.8 Å². The molecule has 86 valence electrons. The molecule has 0 heterocycles.